The minimum absolute atomic E-state index is 0.263. The first kappa shape index (κ1) is 16.6. The van der Waals surface area contributed by atoms with E-state index in [1.807, 2.05) is 23.9 Å². The third-order valence-electron chi connectivity index (χ3n) is 5.50. The number of anilines is 1. The Morgan fingerprint density at radius 1 is 0.724 bits per heavy atom. The second kappa shape index (κ2) is 6.64. The molecule has 1 aliphatic rings. The van der Waals surface area contributed by atoms with E-state index in [2.05, 4.69) is 90.2 Å². The average Bonchev–Trinajstić information content (AvgIpc) is 3.24. The summed E-state index contributed by atoms with van der Waals surface area (Å²) in [5, 5.41) is 7.65. The van der Waals surface area contributed by atoms with E-state index in [-0.39, 0.29) is 5.37 Å². The molecule has 2 nitrogen and oxygen atoms in total. The van der Waals surface area contributed by atoms with Crippen molar-refractivity contribution in [1.82, 2.24) is 4.98 Å². The number of pyridine rings is 1. The maximum atomic E-state index is 4.86. The maximum Gasteiger partial charge on any atom is 0.103 e. The summed E-state index contributed by atoms with van der Waals surface area (Å²) in [5.41, 5.74) is 5.73. The van der Waals surface area contributed by atoms with Gasteiger partial charge in [0.1, 0.15) is 5.37 Å². The molecule has 3 heteroatoms. The predicted octanol–water partition coefficient (Wildman–Crippen LogP) is 7.27. The van der Waals surface area contributed by atoms with Crippen LogP contribution in [-0.4, -0.2) is 4.98 Å². The minimum atomic E-state index is 0.263. The molecule has 1 N–H and O–H groups in total. The second-order valence-electron chi connectivity index (χ2n) is 7.32. The highest BCUT2D eigenvalue weighted by atomic mass is 32.2. The highest BCUT2D eigenvalue weighted by Crippen LogP contribution is 2.49. The van der Waals surface area contributed by atoms with Crippen molar-refractivity contribution in [3.63, 3.8) is 0 Å². The van der Waals surface area contributed by atoms with Crippen LogP contribution in [0.5, 0.6) is 0 Å². The summed E-state index contributed by atoms with van der Waals surface area (Å²) in [5.74, 6) is 0. The molecule has 0 radical (unpaired) electrons. The normalized spacial score (nSPS) is 15.4. The molecular formula is C26H18N2S. The number of hydrogen-bond donors (Lipinski definition) is 1. The summed E-state index contributed by atoms with van der Waals surface area (Å²) < 4.78 is 0. The number of thioether (sulfide) groups is 1. The standard InChI is InChI=1S/C26H18N2S/c1-2-7-18(8-3-1)26-28-25-21-13-10-20(16-19(21)12-15-24(25)29-26)23-14-11-17-6-4-5-9-22(17)27-23/h1-16,26,28H. The van der Waals surface area contributed by atoms with Gasteiger partial charge in [0.05, 0.1) is 16.9 Å². The SMILES string of the molecule is c1ccc(C2Nc3c(ccc4cc(-c5ccc6ccccc6n5)ccc34)S2)cc1. The van der Waals surface area contributed by atoms with Crippen LogP contribution in [0.15, 0.2) is 102 Å². The smallest absolute Gasteiger partial charge is 0.103 e. The van der Waals surface area contributed by atoms with Crippen LogP contribution in [0.4, 0.5) is 5.69 Å². The van der Waals surface area contributed by atoms with Crippen LogP contribution >= 0.6 is 11.8 Å². The fourth-order valence-corrected chi connectivity index (χ4v) is 5.17. The first-order valence-electron chi connectivity index (χ1n) is 9.76. The monoisotopic (exact) mass is 390 g/mol. The quantitative estimate of drug-likeness (QED) is 0.343. The highest BCUT2D eigenvalue weighted by Gasteiger charge is 2.24. The van der Waals surface area contributed by atoms with Gasteiger partial charge in [0.2, 0.25) is 0 Å². The molecule has 0 aliphatic carbocycles. The first-order valence-corrected chi connectivity index (χ1v) is 10.6. The van der Waals surface area contributed by atoms with Gasteiger partial charge in [-0.2, -0.15) is 0 Å². The van der Waals surface area contributed by atoms with Crippen molar-refractivity contribution in [1.29, 1.82) is 0 Å². The number of aromatic nitrogens is 1. The lowest BCUT2D eigenvalue weighted by Gasteiger charge is -2.11. The molecule has 2 heterocycles. The van der Waals surface area contributed by atoms with Gasteiger partial charge in [0.25, 0.3) is 0 Å². The van der Waals surface area contributed by atoms with Gasteiger partial charge >= 0.3 is 0 Å². The van der Waals surface area contributed by atoms with Crippen LogP contribution in [0.25, 0.3) is 32.9 Å². The van der Waals surface area contributed by atoms with Crippen LogP contribution in [0.3, 0.4) is 0 Å². The molecule has 0 saturated heterocycles. The number of nitrogens with zero attached hydrogens (tertiary/aromatic N) is 1. The van der Waals surface area contributed by atoms with Crippen LogP contribution in [0.2, 0.25) is 0 Å². The fraction of sp³-hybridized carbons (Fsp3) is 0.0385. The van der Waals surface area contributed by atoms with E-state index in [9.17, 15) is 0 Å². The molecular weight excluding hydrogens is 372 g/mol. The topological polar surface area (TPSA) is 24.9 Å². The largest absolute Gasteiger partial charge is 0.368 e. The number of rotatable bonds is 2. The highest BCUT2D eigenvalue weighted by molar-refractivity contribution is 8.00. The number of benzene rings is 4. The van der Waals surface area contributed by atoms with Crippen molar-refractivity contribution in [3.05, 3.63) is 103 Å². The average molecular weight is 391 g/mol. The Balaban J connectivity index is 1.40. The van der Waals surface area contributed by atoms with Gasteiger partial charge in [0.15, 0.2) is 0 Å². The zero-order valence-electron chi connectivity index (χ0n) is 15.7. The van der Waals surface area contributed by atoms with E-state index in [4.69, 9.17) is 4.98 Å². The summed E-state index contributed by atoms with van der Waals surface area (Å²) in [7, 11) is 0. The van der Waals surface area contributed by atoms with Crippen LogP contribution in [0.1, 0.15) is 10.9 Å². The second-order valence-corrected chi connectivity index (χ2v) is 8.46. The van der Waals surface area contributed by atoms with Crippen molar-refractivity contribution in [2.45, 2.75) is 10.3 Å². The van der Waals surface area contributed by atoms with Gasteiger partial charge in [-0.25, -0.2) is 4.98 Å². The molecule has 5 aromatic rings. The van der Waals surface area contributed by atoms with Gasteiger partial charge in [-0.3, -0.25) is 0 Å². The predicted molar refractivity (Wildman–Crippen MR) is 123 cm³/mol. The number of hydrogen-bond acceptors (Lipinski definition) is 3. The van der Waals surface area contributed by atoms with Gasteiger partial charge in [-0.1, -0.05) is 84.6 Å². The van der Waals surface area contributed by atoms with Gasteiger partial charge in [-0.05, 0) is 35.2 Å². The minimum Gasteiger partial charge on any atom is -0.368 e. The van der Waals surface area contributed by atoms with Crippen molar-refractivity contribution >= 4 is 39.1 Å². The fourth-order valence-electron chi connectivity index (χ4n) is 4.01. The van der Waals surface area contributed by atoms with Gasteiger partial charge in [-0.15, -0.1) is 0 Å². The van der Waals surface area contributed by atoms with E-state index in [1.54, 1.807) is 0 Å². The molecule has 0 saturated carbocycles. The summed E-state index contributed by atoms with van der Waals surface area (Å²) in [6.45, 7) is 0. The summed E-state index contributed by atoms with van der Waals surface area (Å²) in [6.07, 6.45) is 0. The van der Waals surface area contributed by atoms with Crippen LogP contribution < -0.4 is 5.32 Å². The number of nitrogens with one attached hydrogen (secondary N) is 1. The number of para-hydroxylation sites is 1. The molecule has 1 aliphatic heterocycles. The van der Waals surface area contributed by atoms with Gasteiger partial charge < -0.3 is 5.32 Å². The molecule has 6 rings (SSSR count). The van der Waals surface area contributed by atoms with E-state index in [0.29, 0.717) is 0 Å². The van der Waals surface area contributed by atoms with E-state index < -0.39 is 0 Å². The third kappa shape index (κ3) is 2.86. The Bertz CT molecular complexity index is 1360. The molecule has 1 unspecified atom stereocenters. The maximum absolute atomic E-state index is 4.86. The summed E-state index contributed by atoms with van der Waals surface area (Å²) >= 11 is 1.88. The zero-order valence-corrected chi connectivity index (χ0v) is 16.5. The Morgan fingerprint density at radius 3 is 2.48 bits per heavy atom. The Hall–Kier alpha value is -3.30. The lowest BCUT2D eigenvalue weighted by atomic mass is 10.0. The van der Waals surface area contributed by atoms with Crippen LogP contribution in [-0.2, 0) is 0 Å². The first-order chi connectivity index (χ1) is 14.3. The van der Waals surface area contributed by atoms with E-state index in [0.717, 1.165) is 16.8 Å². The molecule has 0 amide bonds. The molecule has 138 valence electrons. The molecule has 1 aromatic heterocycles. The zero-order chi connectivity index (χ0) is 19.2. The van der Waals surface area contributed by atoms with Gasteiger partial charge in [0, 0.05) is 21.2 Å². The lowest BCUT2D eigenvalue weighted by molar-refractivity contribution is 1.14. The van der Waals surface area contributed by atoms with Crippen molar-refractivity contribution in [2.75, 3.05) is 5.32 Å². The lowest BCUT2D eigenvalue weighted by Crippen LogP contribution is -2.00. The molecule has 0 bridgehead atoms. The molecule has 4 aromatic carbocycles. The molecule has 0 spiro atoms. The van der Waals surface area contributed by atoms with Crippen LogP contribution in [0, 0.1) is 0 Å². The molecule has 0 fully saturated rings. The number of fused-ring (bicyclic) bond motifs is 4. The molecule has 29 heavy (non-hydrogen) atoms. The van der Waals surface area contributed by atoms with Crippen molar-refractivity contribution in [3.8, 4) is 11.3 Å². The Kier molecular flexibility index (Phi) is 3.81. The van der Waals surface area contributed by atoms with E-state index >= 15 is 0 Å². The summed E-state index contributed by atoms with van der Waals surface area (Å²) in [6, 6.07) is 34.2. The van der Waals surface area contributed by atoms with E-state index in [1.165, 1.54) is 32.3 Å². The summed E-state index contributed by atoms with van der Waals surface area (Å²) in [4.78, 5) is 6.17. The van der Waals surface area contributed by atoms with Crippen molar-refractivity contribution in [2.24, 2.45) is 0 Å². The third-order valence-corrected chi connectivity index (χ3v) is 6.72. The molecule has 1 atom stereocenters. The van der Waals surface area contributed by atoms with Crippen molar-refractivity contribution < 1.29 is 0 Å². The Labute approximate surface area is 173 Å². The Morgan fingerprint density at radius 2 is 1.55 bits per heavy atom.